The molecule has 258 valence electrons. The zero-order valence-electron chi connectivity index (χ0n) is 29.8. The molecule has 4 nitrogen and oxygen atoms in total. The molecule has 4 heteroatoms. The van der Waals surface area contributed by atoms with Gasteiger partial charge in [0.2, 0.25) is 0 Å². The van der Waals surface area contributed by atoms with Gasteiger partial charge in [-0.2, -0.15) is 0 Å². The fourth-order valence-corrected chi connectivity index (χ4v) is 7.35. The van der Waals surface area contributed by atoms with Crippen molar-refractivity contribution in [2.24, 2.45) is 0 Å². The summed E-state index contributed by atoms with van der Waals surface area (Å²) in [7, 11) is 0. The number of rotatable bonds is 7. The third kappa shape index (κ3) is 6.26. The summed E-state index contributed by atoms with van der Waals surface area (Å²) >= 11 is 0. The number of hydrogen-bond donors (Lipinski definition) is 0. The van der Waals surface area contributed by atoms with Crippen molar-refractivity contribution in [1.82, 2.24) is 15.0 Å². The monoisotopic (exact) mass is 703 g/mol. The molecular formula is C51H33N3O. The topological polar surface area (TPSA) is 51.8 Å². The van der Waals surface area contributed by atoms with Crippen LogP contribution in [0.1, 0.15) is 0 Å². The number of nitrogens with zero attached hydrogens (tertiary/aromatic N) is 3. The van der Waals surface area contributed by atoms with Crippen molar-refractivity contribution < 1.29 is 4.42 Å². The van der Waals surface area contributed by atoms with E-state index in [1.54, 1.807) is 0 Å². The maximum absolute atomic E-state index is 6.46. The molecule has 0 aliphatic carbocycles. The number of para-hydroxylation sites is 2. The molecule has 8 aromatic carbocycles. The van der Waals surface area contributed by atoms with E-state index in [1.807, 2.05) is 42.5 Å². The van der Waals surface area contributed by atoms with Gasteiger partial charge >= 0.3 is 0 Å². The van der Waals surface area contributed by atoms with Gasteiger partial charge in [0.25, 0.3) is 0 Å². The van der Waals surface area contributed by atoms with E-state index in [2.05, 4.69) is 158 Å². The van der Waals surface area contributed by atoms with Crippen LogP contribution in [0.4, 0.5) is 0 Å². The average molecular weight is 704 g/mol. The van der Waals surface area contributed by atoms with Gasteiger partial charge in [-0.25, -0.2) is 15.0 Å². The molecule has 0 saturated heterocycles. The van der Waals surface area contributed by atoms with Crippen molar-refractivity contribution in [1.29, 1.82) is 0 Å². The predicted octanol–water partition coefficient (Wildman–Crippen LogP) is 13.4. The molecule has 0 spiro atoms. The van der Waals surface area contributed by atoms with E-state index in [-0.39, 0.29) is 0 Å². The summed E-state index contributed by atoms with van der Waals surface area (Å²) in [5, 5.41) is 2.09. The lowest BCUT2D eigenvalue weighted by atomic mass is 9.98. The Morgan fingerprint density at radius 1 is 0.273 bits per heavy atom. The number of furan rings is 1. The number of benzene rings is 8. The molecule has 55 heavy (non-hydrogen) atoms. The van der Waals surface area contributed by atoms with E-state index < -0.39 is 0 Å². The highest BCUT2D eigenvalue weighted by Gasteiger charge is 2.18. The molecule has 10 aromatic rings. The van der Waals surface area contributed by atoms with E-state index >= 15 is 0 Å². The van der Waals surface area contributed by atoms with Gasteiger partial charge < -0.3 is 4.42 Å². The maximum atomic E-state index is 6.46. The first kappa shape index (κ1) is 32.2. The molecule has 0 fully saturated rings. The van der Waals surface area contributed by atoms with Crippen molar-refractivity contribution in [3.05, 3.63) is 200 Å². The van der Waals surface area contributed by atoms with Gasteiger partial charge in [0.15, 0.2) is 17.5 Å². The Morgan fingerprint density at radius 3 is 1.29 bits per heavy atom. The van der Waals surface area contributed by atoms with E-state index in [0.717, 1.165) is 60.9 Å². The molecular weight excluding hydrogens is 671 g/mol. The second kappa shape index (κ2) is 13.8. The molecule has 2 heterocycles. The van der Waals surface area contributed by atoms with Crippen LogP contribution in [0.25, 0.3) is 101 Å². The van der Waals surface area contributed by atoms with Crippen molar-refractivity contribution in [2.75, 3.05) is 0 Å². The van der Waals surface area contributed by atoms with Crippen molar-refractivity contribution >= 4 is 21.9 Å². The van der Waals surface area contributed by atoms with Crippen LogP contribution in [0.5, 0.6) is 0 Å². The summed E-state index contributed by atoms with van der Waals surface area (Å²) in [6, 6.07) is 69.4. The lowest BCUT2D eigenvalue weighted by molar-refractivity contribution is 0.669. The second-order valence-corrected chi connectivity index (χ2v) is 13.6. The molecule has 10 rings (SSSR count). The standard InChI is InChI=1S/C51H33N3O/c1-3-13-34(14-4-1)38-17-9-19-40(31-38)36-27-29-37(30-28-36)49-52-50(54-51(53-49)46-25-12-24-45-44-23-7-8-26-47(44)55-48(45)46)43-22-11-21-42(33-43)41-20-10-18-39(32-41)35-15-5-2-6-16-35/h1-33H. The van der Waals surface area contributed by atoms with Gasteiger partial charge in [-0.1, -0.05) is 170 Å². The molecule has 0 aliphatic rings. The lowest BCUT2D eigenvalue weighted by Crippen LogP contribution is -2.00. The van der Waals surface area contributed by atoms with E-state index in [4.69, 9.17) is 19.4 Å². The molecule has 0 atom stereocenters. The number of hydrogen-bond acceptors (Lipinski definition) is 4. The first-order valence-corrected chi connectivity index (χ1v) is 18.4. The minimum Gasteiger partial charge on any atom is -0.455 e. The zero-order chi connectivity index (χ0) is 36.6. The normalized spacial score (nSPS) is 11.3. The van der Waals surface area contributed by atoms with E-state index in [1.165, 1.54) is 22.3 Å². The third-order valence-electron chi connectivity index (χ3n) is 10.2. The number of aromatic nitrogens is 3. The number of fused-ring (bicyclic) bond motifs is 3. The molecule has 0 radical (unpaired) electrons. The fourth-order valence-electron chi connectivity index (χ4n) is 7.35. The van der Waals surface area contributed by atoms with Gasteiger partial charge in [-0.05, 0) is 74.8 Å². The Bertz CT molecular complexity index is 2970. The quantitative estimate of drug-likeness (QED) is 0.166. The predicted molar refractivity (Wildman–Crippen MR) is 225 cm³/mol. The van der Waals surface area contributed by atoms with Gasteiger partial charge in [-0.3, -0.25) is 0 Å². The second-order valence-electron chi connectivity index (χ2n) is 13.6. The summed E-state index contributed by atoms with van der Waals surface area (Å²) in [5.74, 6) is 1.74. The van der Waals surface area contributed by atoms with Crippen LogP contribution < -0.4 is 0 Å². The zero-order valence-corrected chi connectivity index (χ0v) is 29.8. The molecule has 0 N–H and O–H groups in total. The van der Waals surface area contributed by atoms with Crippen LogP contribution in [0.3, 0.4) is 0 Å². The smallest absolute Gasteiger partial charge is 0.167 e. The first-order chi connectivity index (χ1) is 27.2. The summed E-state index contributed by atoms with van der Waals surface area (Å²) in [5.41, 5.74) is 13.4. The Hall–Kier alpha value is -7.43. The molecule has 0 unspecified atom stereocenters. The van der Waals surface area contributed by atoms with Crippen LogP contribution in [-0.2, 0) is 0 Å². The SMILES string of the molecule is c1ccc(-c2cccc(-c3ccc(-c4nc(-c5cccc(-c6cccc(-c7ccccc7)c6)c5)nc(-c5cccc6c5oc5ccccc56)n4)cc3)c2)cc1. The van der Waals surface area contributed by atoms with Crippen molar-refractivity contribution in [3.63, 3.8) is 0 Å². The summed E-state index contributed by atoms with van der Waals surface area (Å²) in [6.07, 6.45) is 0. The molecule has 0 aliphatic heterocycles. The largest absolute Gasteiger partial charge is 0.455 e. The highest BCUT2D eigenvalue weighted by Crippen LogP contribution is 2.37. The summed E-state index contributed by atoms with van der Waals surface area (Å²) < 4.78 is 6.46. The van der Waals surface area contributed by atoms with Gasteiger partial charge in [0.05, 0.1) is 5.56 Å². The fraction of sp³-hybridized carbons (Fsp3) is 0. The Morgan fingerprint density at radius 2 is 0.673 bits per heavy atom. The third-order valence-corrected chi connectivity index (χ3v) is 10.2. The molecule has 0 amide bonds. The summed E-state index contributed by atoms with van der Waals surface area (Å²) in [4.78, 5) is 15.4. The molecule has 0 bridgehead atoms. The van der Waals surface area contributed by atoms with Crippen LogP contribution in [0, 0.1) is 0 Å². The first-order valence-electron chi connectivity index (χ1n) is 18.4. The van der Waals surface area contributed by atoms with E-state index in [9.17, 15) is 0 Å². The highest BCUT2D eigenvalue weighted by atomic mass is 16.3. The Kier molecular flexibility index (Phi) is 8.12. The van der Waals surface area contributed by atoms with Crippen molar-refractivity contribution in [3.8, 4) is 78.7 Å². The van der Waals surface area contributed by atoms with Gasteiger partial charge in [0, 0.05) is 21.9 Å². The van der Waals surface area contributed by atoms with Gasteiger partial charge in [-0.15, -0.1) is 0 Å². The highest BCUT2D eigenvalue weighted by molar-refractivity contribution is 6.09. The van der Waals surface area contributed by atoms with Gasteiger partial charge in [0.1, 0.15) is 11.2 Å². The minimum atomic E-state index is 0.556. The maximum Gasteiger partial charge on any atom is 0.167 e. The Labute approximate surface area is 319 Å². The van der Waals surface area contributed by atoms with Crippen LogP contribution >= 0.6 is 0 Å². The Balaban J connectivity index is 1.08. The van der Waals surface area contributed by atoms with Crippen LogP contribution in [0.15, 0.2) is 205 Å². The molecule has 0 saturated carbocycles. The van der Waals surface area contributed by atoms with Crippen LogP contribution in [0.2, 0.25) is 0 Å². The lowest BCUT2D eigenvalue weighted by Gasteiger charge is -2.11. The van der Waals surface area contributed by atoms with E-state index in [0.29, 0.717) is 17.5 Å². The van der Waals surface area contributed by atoms with Crippen LogP contribution in [-0.4, -0.2) is 15.0 Å². The summed E-state index contributed by atoms with van der Waals surface area (Å²) in [6.45, 7) is 0. The minimum absolute atomic E-state index is 0.556. The van der Waals surface area contributed by atoms with Crippen molar-refractivity contribution in [2.45, 2.75) is 0 Å². The average Bonchev–Trinajstić information content (AvgIpc) is 3.66. The molecule has 2 aromatic heterocycles.